The molecule has 1 saturated carbocycles. The lowest BCUT2D eigenvalue weighted by Gasteiger charge is -2.40. The first-order valence-corrected chi connectivity index (χ1v) is 13.3. The van der Waals surface area contributed by atoms with Crippen LogP contribution in [0.2, 0.25) is 10.0 Å². The maximum Gasteiger partial charge on any atom is 0.413 e. The summed E-state index contributed by atoms with van der Waals surface area (Å²) >= 11 is 12.0. The molecule has 0 atom stereocenters. The van der Waals surface area contributed by atoms with Gasteiger partial charge in [0.1, 0.15) is 28.3 Å². The van der Waals surface area contributed by atoms with E-state index < -0.39 is 72.1 Å². The molecule has 8 nitrogen and oxygen atoms in total. The van der Waals surface area contributed by atoms with Crippen LogP contribution < -0.4 is 10.6 Å². The first-order chi connectivity index (χ1) is 17.8. The topological polar surface area (TPSA) is 125 Å². The molecule has 3 N–H and O–H groups in total. The van der Waals surface area contributed by atoms with E-state index in [1.165, 1.54) is 18.2 Å². The summed E-state index contributed by atoms with van der Waals surface area (Å²) in [5, 5.41) is 21.7. The third-order valence-electron chi connectivity index (χ3n) is 6.09. The van der Waals surface area contributed by atoms with E-state index in [4.69, 9.17) is 28.9 Å². The van der Waals surface area contributed by atoms with E-state index in [1.807, 2.05) is 0 Å². The first kappa shape index (κ1) is 28.4. The normalized spacial score (nSPS) is 16.1. The van der Waals surface area contributed by atoms with Gasteiger partial charge >= 0.3 is 16.3 Å². The van der Waals surface area contributed by atoms with E-state index in [0.29, 0.717) is 9.58 Å². The molecule has 1 heterocycles. The van der Waals surface area contributed by atoms with Crippen LogP contribution in [-0.4, -0.2) is 26.9 Å². The molecule has 0 spiro atoms. The van der Waals surface area contributed by atoms with Gasteiger partial charge in [-0.25, -0.2) is 13.9 Å². The van der Waals surface area contributed by atoms with Crippen molar-refractivity contribution in [3.63, 3.8) is 0 Å². The predicted molar refractivity (Wildman–Crippen MR) is 130 cm³/mol. The van der Waals surface area contributed by atoms with Crippen molar-refractivity contribution in [1.29, 1.82) is 5.26 Å². The number of hydrogen-bond acceptors (Lipinski definition) is 4. The summed E-state index contributed by atoms with van der Waals surface area (Å²) in [6, 6.07) is 6.43. The SMILES string of the molecule is N#Cc1nn(-c2c(Cl)cc(S(F)(F)(F)(F)F)cc2Cl)c(N(Cc2ccccc2F)C(=O)O)c1C1(C(N)=O)CC1. The Kier molecular flexibility index (Phi) is 6.15. The van der Waals surface area contributed by atoms with Crippen molar-refractivity contribution in [3.05, 3.63) is 69.1 Å². The van der Waals surface area contributed by atoms with Crippen molar-refractivity contribution in [3.8, 4) is 11.8 Å². The van der Waals surface area contributed by atoms with Crippen LogP contribution in [0.5, 0.6) is 0 Å². The first-order valence-electron chi connectivity index (χ1n) is 10.6. The van der Waals surface area contributed by atoms with Crippen molar-refractivity contribution in [2.75, 3.05) is 4.90 Å². The number of hydrogen-bond donors (Lipinski definition) is 2. The number of carbonyl (C=O) groups excluding carboxylic acids is 1. The third kappa shape index (κ3) is 5.07. The molecule has 2 aromatic carbocycles. The molecule has 1 aromatic heterocycles. The molecule has 0 aliphatic heterocycles. The number of halogens is 8. The van der Waals surface area contributed by atoms with Gasteiger partial charge in [-0.3, -0.25) is 9.69 Å². The quantitative estimate of drug-likeness (QED) is 0.276. The number of anilines is 1. The highest BCUT2D eigenvalue weighted by molar-refractivity contribution is 8.45. The monoisotopic (exact) mass is 613 g/mol. The van der Waals surface area contributed by atoms with Crippen LogP contribution in [0, 0.1) is 17.1 Å². The largest absolute Gasteiger partial charge is 0.465 e. The van der Waals surface area contributed by atoms with Crippen molar-refractivity contribution in [1.82, 2.24) is 9.78 Å². The van der Waals surface area contributed by atoms with E-state index in [-0.39, 0.29) is 36.1 Å². The number of nitrogens with zero attached hydrogens (tertiary/aromatic N) is 4. The Morgan fingerprint density at radius 2 is 1.72 bits per heavy atom. The number of nitriles is 1. The number of benzene rings is 2. The fraction of sp³-hybridized carbons (Fsp3) is 0.182. The minimum Gasteiger partial charge on any atom is -0.465 e. The number of nitrogens with two attached hydrogens (primary N) is 1. The smallest absolute Gasteiger partial charge is 0.413 e. The van der Waals surface area contributed by atoms with Gasteiger partial charge in [0, 0.05) is 11.1 Å². The number of amides is 2. The Morgan fingerprint density at radius 1 is 1.15 bits per heavy atom. The molecule has 1 aliphatic carbocycles. The number of rotatable bonds is 7. The zero-order valence-corrected chi connectivity index (χ0v) is 21.5. The minimum absolute atomic E-state index is 0.0491. The number of carbonyl (C=O) groups is 2. The molecule has 0 unspecified atom stereocenters. The van der Waals surface area contributed by atoms with E-state index in [9.17, 15) is 43.8 Å². The van der Waals surface area contributed by atoms with Gasteiger partial charge in [-0.05, 0) is 31.0 Å². The molecule has 17 heteroatoms. The van der Waals surface area contributed by atoms with Gasteiger partial charge in [-0.1, -0.05) is 60.8 Å². The van der Waals surface area contributed by atoms with Crippen LogP contribution in [0.3, 0.4) is 0 Å². The predicted octanol–water partition coefficient (Wildman–Crippen LogP) is 7.05. The second kappa shape index (κ2) is 8.44. The second-order valence-electron chi connectivity index (χ2n) is 8.68. The average molecular weight is 614 g/mol. The molecular weight excluding hydrogens is 599 g/mol. The summed E-state index contributed by atoms with van der Waals surface area (Å²) in [7, 11) is -10.3. The van der Waals surface area contributed by atoms with Crippen LogP contribution >= 0.6 is 33.4 Å². The molecule has 2 amide bonds. The minimum atomic E-state index is -10.3. The standard InChI is InChI=1S/C22H15Cl2F6N5O3S/c23-13-7-12(39(26,27,28,29)30)8-14(24)18(13)35-19(17(16(9-31)33-35)22(5-6-22)20(32)36)34(21(37)38)10-11-3-1-2-4-15(11)25/h1-4,7-8H,5-6,10H2,(H2,32,36)(H,37,38). The molecule has 208 valence electrons. The number of aromatic nitrogens is 2. The van der Waals surface area contributed by atoms with Crippen molar-refractivity contribution < 1.29 is 38.5 Å². The third-order valence-corrected chi connectivity index (χ3v) is 7.79. The molecule has 0 radical (unpaired) electrons. The van der Waals surface area contributed by atoms with Gasteiger partial charge in [0.25, 0.3) is 0 Å². The summed E-state index contributed by atoms with van der Waals surface area (Å²) in [6.45, 7) is -0.737. The van der Waals surface area contributed by atoms with Gasteiger partial charge in [-0.15, -0.1) is 0 Å². The van der Waals surface area contributed by atoms with Gasteiger partial charge in [0.2, 0.25) is 5.91 Å². The lowest BCUT2D eigenvalue weighted by atomic mass is 9.94. The second-order valence-corrected chi connectivity index (χ2v) is 11.9. The van der Waals surface area contributed by atoms with Crippen LogP contribution in [-0.2, 0) is 16.8 Å². The average Bonchev–Trinajstić information content (AvgIpc) is 3.52. The summed E-state index contributed by atoms with van der Waals surface area (Å²) in [5.41, 5.74) is 2.18. The van der Waals surface area contributed by atoms with Crippen LogP contribution in [0.25, 0.3) is 5.69 Å². The molecule has 0 bridgehead atoms. The van der Waals surface area contributed by atoms with Crippen molar-refractivity contribution in [2.24, 2.45) is 5.73 Å². The van der Waals surface area contributed by atoms with Gasteiger partial charge in [-0.2, -0.15) is 10.4 Å². The highest BCUT2D eigenvalue weighted by Crippen LogP contribution is 3.02. The summed E-state index contributed by atoms with van der Waals surface area (Å²) in [5.74, 6) is -2.41. The lowest BCUT2D eigenvalue weighted by Crippen LogP contribution is -2.35. The molecule has 0 saturated heterocycles. The van der Waals surface area contributed by atoms with E-state index >= 15 is 0 Å². The Morgan fingerprint density at radius 3 is 2.15 bits per heavy atom. The Bertz CT molecular complexity index is 1580. The van der Waals surface area contributed by atoms with Crippen molar-refractivity contribution >= 4 is 51.2 Å². The number of carboxylic acid groups (broad SMARTS) is 1. The Labute approximate surface area is 225 Å². The van der Waals surface area contributed by atoms with E-state index in [2.05, 4.69) is 5.10 Å². The molecule has 1 aliphatic rings. The number of primary amides is 1. The molecule has 39 heavy (non-hydrogen) atoms. The van der Waals surface area contributed by atoms with Gasteiger partial charge in [0.05, 0.1) is 22.0 Å². The van der Waals surface area contributed by atoms with E-state index in [0.717, 1.165) is 6.07 Å². The summed E-state index contributed by atoms with van der Waals surface area (Å²) in [4.78, 5) is 22.9. The summed E-state index contributed by atoms with van der Waals surface area (Å²) < 4.78 is 82.3. The maximum atomic E-state index is 14.5. The van der Waals surface area contributed by atoms with Crippen LogP contribution in [0.4, 0.5) is 34.4 Å². The molecule has 1 fully saturated rings. The Balaban J connectivity index is 2.07. The zero-order valence-electron chi connectivity index (χ0n) is 19.1. The highest BCUT2D eigenvalue weighted by Gasteiger charge is 2.66. The lowest BCUT2D eigenvalue weighted by molar-refractivity contribution is -0.120. The maximum absolute atomic E-state index is 14.5. The fourth-order valence-electron chi connectivity index (χ4n) is 4.08. The van der Waals surface area contributed by atoms with Crippen molar-refractivity contribution in [2.45, 2.75) is 29.7 Å². The van der Waals surface area contributed by atoms with Crippen LogP contribution in [0.1, 0.15) is 29.7 Å². The Hall–Kier alpha value is -3.61. The summed E-state index contributed by atoms with van der Waals surface area (Å²) in [6.07, 6.45) is -1.66. The van der Waals surface area contributed by atoms with Gasteiger partial charge < -0.3 is 10.8 Å². The molecular formula is C22H15Cl2F6N5O3S. The van der Waals surface area contributed by atoms with Gasteiger partial charge in [0.15, 0.2) is 5.69 Å². The van der Waals surface area contributed by atoms with Crippen LogP contribution in [0.15, 0.2) is 41.3 Å². The zero-order chi connectivity index (χ0) is 29.2. The fourth-order valence-corrected chi connectivity index (χ4v) is 5.53. The van der Waals surface area contributed by atoms with E-state index in [1.54, 1.807) is 6.07 Å². The highest BCUT2D eigenvalue weighted by atomic mass is 35.5. The molecule has 3 aromatic rings. The molecule has 4 rings (SSSR count).